The summed E-state index contributed by atoms with van der Waals surface area (Å²) in [5.74, 6) is -5.01. The third-order valence-corrected chi connectivity index (χ3v) is 8.18. The molecule has 0 bridgehead atoms. The molecule has 20 nitrogen and oxygen atoms in total. The van der Waals surface area contributed by atoms with Crippen molar-refractivity contribution in [1.82, 2.24) is 49.4 Å². The van der Waals surface area contributed by atoms with Crippen LogP contribution >= 0.6 is 0 Å². The van der Waals surface area contributed by atoms with Crippen molar-refractivity contribution in [2.75, 3.05) is 136 Å². The largest absolute Gasteiger partial charge is 0.337 e. The summed E-state index contributed by atoms with van der Waals surface area (Å²) in [6, 6.07) is 0. The van der Waals surface area contributed by atoms with Gasteiger partial charge in [-0.3, -0.25) is 47.9 Å². The van der Waals surface area contributed by atoms with Gasteiger partial charge in [0.05, 0.1) is 65.4 Å². The van der Waals surface area contributed by atoms with Crippen LogP contribution in [0, 0.1) is 5.92 Å². The quantitative estimate of drug-likeness (QED) is 0.118. The molecule has 20 heteroatoms. The molecule has 0 atom stereocenters. The number of amides is 9. The number of hydrogen-bond acceptors (Lipinski definition) is 11. The Hall–Kier alpha value is -5.14. The van der Waals surface area contributed by atoms with E-state index in [2.05, 4.69) is 5.32 Å². The molecule has 0 aromatic heterocycles. The number of nitrogens with zero attached hydrogens (tertiary/aromatic N) is 9. The molecule has 0 aromatic rings. The van der Waals surface area contributed by atoms with E-state index < -0.39 is 73.4 Å². The topological polar surface area (TPSA) is 212 Å². The van der Waals surface area contributed by atoms with Crippen LogP contribution in [-0.2, 0) is 47.9 Å². The molecule has 0 saturated heterocycles. The zero-order valence-corrected chi connectivity index (χ0v) is 33.3. The summed E-state index contributed by atoms with van der Waals surface area (Å²) < 4.78 is 0. The van der Waals surface area contributed by atoms with Crippen molar-refractivity contribution in [2.45, 2.75) is 13.8 Å². The lowest BCUT2D eigenvalue weighted by molar-refractivity contribution is -0.146. The Kier molecular flexibility index (Phi) is 20.5. The summed E-state index contributed by atoms with van der Waals surface area (Å²) in [6.45, 7) is 0.544. The fourth-order valence-corrected chi connectivity index (χ4v) is 4.08. The van der Waals surface area contributed by atoms with E-state index in [4.69, 9.17) is 0 Å². The van der Waals surface area contributed by atoms with Crippen LogP contribution in [0.4, 0.5) is 0 Å². The smallest absolute Gasteiger partial charge is 0.242 e. The zero-order chi connectivity index (χ0) is 41.3. The van der Waals surface area contributed by atoms with Crippen molar-refractivity contribution in [2.24, 2.45) is 5.92 Å². The second-order valence-electron chi connectivity index (χ2n) is 13.4. The minimum Gasteiger partial charge on any atom is -0.337 e. The Morgan fingerprint density at radius 2 is 0.509 bits per heavy atom. The summed E-state index contributed by atoms with van der Waals surface area (Å²) in [6.07, 6.45) is 0. The first-order valence-corrected chi connectivity index (χ1v) is 16.8. The summed E-state index contributed by atoms with van der Waals surface area (Å²) in [5.41, 5.74) is 0. The van der Waals surface area contributed by atoms with Crippen LogP contribution in [0.5, 0.6) is 0 Å². The maximum atomic E-state index is 12.8. The summed E-state index contributed by atoms with van der Waals surface area (Å²) >= 11 is 0. The first kappa shape index (κ1) is 47.9. The minimum absolute atomic E-state index is 0.0508. The first-order valence-electron chi connectivity index (χ1n) is 16.8. The average Bonchev–Trinajstić information content (AvgIpc) is 3.07. The molecule has 0 heterocycles. The van der Waals surface area contributed by atoms with Crippen molar-refractivity contribution in [3.8, 4) is 0 Å². The Morgan fingerprint density at radius 1 is 0.340 bits per heavy atom. The average molecular weight is 755 g/mol. The van der Waals surface area contributed by atoms with Gasteiger partial charge in [0.1, 0.15) is 0 Å². The molecular weight excluding hydrogens is 696 g/mol. The molecule has 53 heavy (non-hydrogen) atoms. The highest BCUT2D eigenvalue weighted by molar-refractivity contribution is 5.93. The van der Waals surface area contributed by atoms with Crippen molar-refractivity contribution in [3.63, 3.8) is 0 Å². The van der Waals surface area contributed by atoms with Gasteiger partial charge in [-0.2, -0.15) is 0 Å². The van der Waals surface area contributed by atoms with Crippen LogP contribution in [-0.4, -0.2) is 239 Å². The molecule has 0 aliphatic heterocycles. The molecule has 0 aliphatic rings. The number of hydrogen-bond donors (Lipinski definition) is 1. The van der Waals surface area contributed by atoms with Gasteiger partial charge < -0.3 is 49.4 Å². The van der Waals surface area contributed by atoms with Crippen LogP contribution in [0.25, 0.3) is 0 Å². The molecule has 0 radical (unpaired) electrons. The number of Topliss-reactive ketones (excluding diaryl/α,β-unsaturated/α-hetero) is 1. The number of likely N-dealkylation sites (N-methyl/N-ethyl adjacent to an activating group) is 10. The maximum absolute atomic E-state index is 12.8. The first-order chi connectivity index (χ1) is 24.4. The van der Waals surface area contributed by atoms with E-state index in [1.807, 2.05) is 0 Å². The summed E-state index contributed by atoms with van der Waals surface area (Å²) in [4.78, 5) is 135. The van der Waals surface area contributed by atoms with Crippen LogP contribution in [0.3, 0.4) is 0 Å². The Bertz CT molecular complexity index is 1370. The molecule has 0 saturated carbocycles. The van der Waals surface area contributed by atoms with Crippen LogP contribution in [0.15, 0.2) is 0 Å². The van der Waals surface area contributed by atoms with E-state index in [0.717, 1.165) is 34.3 Å². The molecule has 0 rings (SSSR count). The van der Waals surface area contributed by atoms with E-state index in [-0.39, 0.29) is 56.9 Å². The highest BCUT2D eigenvalue weighted by atomic mass is 16.2. The van der Waals surface area contributed by atoms with E-state index >= 15 is 0 Å². The lowest BCUT2D eigenvalue weighted by Gasteiger charge is -2.27. The lowest BCUT2D eigenvalue weighted by atomic mass is 10.1. The molecule has 0 unspecified atom stereocenters. The number of nitrogens with one attached hydrogen (secondary N) is 1. The van der Waals surface area contributed by atoms with Crippen LogP contribution in [0.2, 0.25) is 0 Å². The third-order valence-electron chi connectivity index (χ3n) is 8.18. The number of carbonyl (C=O) groups is 10. The number of ketones is 1. The predicted octanol–water partition coefficient (Wildman–Crippen LogP) is -4.44. The Morgan fingerprint density at radius 3 is 0.679 bits per heavy atom. The molecule has 1 N–H and O–H groups in total. The van der Waals surface area contributed by atoms with E-state index in [1.165, 1.54) is 73.2 Å². The standard InChI is InChI=1S/C33H58N10O10/c1-23(2)24(44)14-35(4)26(46)16-37(6)28(48)18-39(8)30(50)20-41(10)32(52)22-43(12)33(53)21-42(11)31(51)19-40(9)29(49)17-38(7)27(47)15-36(5)25(45)13-34-3/h23,34H,13-22H2,1-12H3. The maximum Gasteiger partial charge on any atom is 0.242 e. The predicted molar refractivity (Wildman–Crippen MR) is 193 cm³/mol. The Labute approximate surface area is 311 Å². The molecule has 9 amide bonds. The molecule has 0 aliphatic carbocycles. The van der Waals surface area contributed by atoms with Gasteiger partial charge in [0.25, 0.3) is 0 Å². The summed E-state index contributed by atoms with van der Waals surface area (Å²) in [5, 5.41) is 2.69. The monoisotopic (exact) mass is 754 g/mol. The van der Waals surface area contributed by atoms with E-state index in [1.54, 1.807) is 20.9 Å². The van der Waals surface area contributed by atoms with E-state index in [9.17, 15) is 47.9 Å². The van der Waals surface area contributed by atoms with Crippen molar-refractivity contribution in [3.05, 3.63) is 0 Å². The number of carbonyl (C=O) groups excluding carboxylic acids is 10. The normalized spacial score (nSPS) is 10.5. The van der Waals surface area contributed by atoms with Gasteiger partial charge in [-0.25, -0.2) is 0 Å². The third kappa shape index (κ3) is 17.3. The molecule has 0 spiro atoms. The molecule has 300 valence electrons. The van der Waals surface area contributed by atoms with Gasteiger partial charge in [0.2, 0.25) is 53.2 Å². The fourth-order valence-electron chi connectivity index (χ4n) is 4.08. The lowest BCUT2D eigenvalue weighted by Crippen LogP contribution is -2.49. The van der Waals surface area contributed by atoms with Gasteiger partial charge in [0.15, 0.2) is 5.78 Å². The second-order valence-corrected chi connectivity index (χ2v) is 13.4. The highest BCUT2D eigenvalue weighted by Crippen LogP contribution is 2.01. The number of rotatable bonds is 21. The zero-order valence-electron chi connectivity index (χ0n) is 33.3. The van der Waals surface area contributed by atoms with Gasteiger partial charge in [0, 0.05) is 69.3 Å². The highest BCUT2D eigenvalue weighted by Gasteiger charge is 2.26. The molecule has 0 aromatic carbocycles. The van der Waals surface area contributed by atoms with Crippen molar-refractivity contribution < 1.29 is 47.9 Å². The van der Waals surface area contributed by atoms with Crippen molar-refractivity contribution in [1.29, 1.82) is 0 Å². The Balaban J connectivity index is 4.86. The van der Waals surface area contributed by atoms with Crippen LogP contribution < -0.4 is 5.32 Å². The molecule has 0 fully saturated rings. The summed E-state index contributed by atoms with van der Waals surface area (Å²) in [7, 11) is 14.1. The van der Waals surface area contributed by atoms with Gasteiger partial charge in [-0.15, -0.1) is 0 Å². The van der Waals surface area contributed by atoms with Gasteiger partial charge in [-0.1, -0.05) is 13.8 Å². The second kappa shape index (κ2) is 22.7. The van der Waals surface area contributed by atoms with Crippen LogP contribution in [0.1, 0.15) is 13.8 Å². The SMILES string of the molecule is CNCC(=O)N(C)CC(=O)N(C)CC(=O)N(C)CC(=O)N(C)CC(=O)N(C)CC(=O)N(C)CC(=O)N(C)CC(=O)N(C)CC(=O)N(C)CC(=O)C(C)C. The minimum atomic E-state index is -0.593. The van der Waals surface area contributed by atoms with Gasteiger partial charge in [-0.05, 0) is 7.05 Å². The van der Waals surface area contributed by atoms with Crippen molar-refractivity contribution >= 4 is 58.9 Å². The van der Waals surface area contributed by atoms with E-state index in [0.29, 0.717) is 0 Å². The fraction of sp³-hybridized carbons (Fsp3) is 0.697. The van der Waals surface area contributed by atoms with Gasteiger partial charge >= 0.3 is 0 Å². The molecular formula is C33H58N10O10.